The van der Waals surface area contributed by atoms with E-state index < -0.39 is 0 Å². The van der Waals surface area contributed by atoms with Crippen LogP contribution in [0.5, 0.6) is 0 Å². The number of hydrogen-bond acceptors (Lipinski definition) is 3. The van der Waals surface area contributed by atoms with Crippen LogP contribution in [-0.2, 0) is 4.79 Å². The molecular weight excluding hydrogens is 220 g/mol. The van der Waals surface area contributed by atoms with Crippen LogP contribution in [0.4, 0.5) is 0 Å². The van der Waals surface area contributed by atoms with Gasteiger partial charge in [0.25, 0.3) is 0 Å². The fourth-order valence-electron chi connectivity index (χ4n) is 1.52. The zero-order valence-corrected chi connectivity index (χ0v) is 10.3. The molecule has 0 atom stereocenters. The molecule has 0 aromatic heterocycles. The van der Waals surface area contributed by atoms with E-state index in [4.69, 9.17) is 0 Å². The number of carbonyl (C=O) groups excluding carboxylic acids is 1. The van der Waals surface area contributed by atoms with E-state index in [9.17, 15) is 4.79 Å². The third-order valence-corrected chi connectivity index (χ3v) is 2.94. The molecule has 1 rings (SSSR count). The molecule has 1 aliphatic rings. The Balaban J connectivity index is 2.16. The summed E-state index contributed by atoms with van der Waals surface area (Å²) in [6, 6.07) is 0. The largest absolute Gasteiger partial charge is 0.382 e. The van der Waals surface area contributed by atoms with Crippen molar-refractivity contribution in [3.63, 3.8) is 0 Å². The maximum absolute atomic E-state index is 11.6. The van der Waals surface area contributed by atoms with Crippen LogP contribution in [0, 0.1) is 0 Å². The average molecular weight is 238 g/mol. The maximum Gasteiger partial charge on any atom is 0.241 e. The summed E-state index contributed by atoms with van der Waals surface area (Å²) in [7, 11) is 0. The van der Waals surface area contributed by atoms with Gasteiger partial charge in [-0.05, 0) is 30.5 Å². The van der Waals surface area contributed by atoms with E-state index in [1.165, 1.54) is 11.8 Å². The van der Waals surface area contributed by atoms with Gasteiger partial charge in [-0.2, -0.15) is 0 Å². The van der Waals surface area contributed by atoms with Crippen LogP contribution in [0.3, 0.4) is 0 Å². The quantitative estimate of drug-likeness (QED) is 0.719. The number of amides is 1. The van der Waals surface area contributed by atoms with Gasteiger partial charge in [-0.1, -0.05) is 24.9 Å². The molecule has 1 fully saturated rings. The third-order valence-electron chi connectivity index (χ3n) is 2.33. The lowest BCUT2D eigenvalue weighted by Crippen LogP contribution is -2.34. The zero-order valence-electron chi connectivity index (χ0n) is 9.45. The highest BCUT2D eigenvalue weighted by Crippen LogP contribution is 2.13. The molecule has 0 aliphatic carbocycles. The average Bonchev–Trinajstić information content (AvgIpc) is 2.78. The zero-order chi connectivity index (χ0) is 11.8. The van der Waals surface area contributed by atoms with Crippen molar-refractivity contribution in [2.24, 2.45) is 0 Å². The van der Waals surface area contributed by atoms with Crippen molar-refractivity contribution in [1.82, 2.24) is 10.2 Å². The van der Waals surface area contributed by atoms with Gasteiger partial charge in [-0.3, -0.25) is 4.79 Å². The van der Waals surface area contributed by atoms with Crippen LogP contribution in [0.25, 0.3) is 0 Å². The Morgan fingerprint density at radius 1 is 1.44 bits per heavy atom. The summed E-state index contributed by atoms with van der Waals surface area (Å²) in [6.07, 6.45) is 5.86. The highest BCUT2D eigenvalue weighted by Gasteiger charge is 2.16. The summed E-state index contributed by atoms with van der Waals surface area (Å²) in [5, 5.41) is 4.70. The third kappa shape index (κ3) is 4.57. The molecule has 0 saturated carbocycles. The Hall–Kier alpha value is -1.16. The number of rotatable bonds is 6. The van der Waals surface area contributed by atoms with Gasteiger partial charge in [-0.15, -0.1) is 0 Å². The van der Waals surface area contributed by atoms with E-state index in [-0.39, 0.29) is 5.91 Å². The standard InChI is InChI=1S/C12H18N2OS/c1-3-16-11(2)6-7-13-10-12(15)14-8-4-5-9-14/h3,6-7,13H,1-2,4-5,8-10H2/b7-6-. The van der Waals surface area contributed by atoms with Crippen molar-refractivity contribution >= 4 is 17.7 Å². The van der Waals surface area contributed by atoms with Crippen molar-refractivity contribution in [2.45, 2.75) is 12.8 Å². The predicted molar refractivity (Wildman–Crippen MR) is 69.9 cm³/mol. The van der Waals surface area contributed by atoms with Gasteiger partial charge in [0.2, 0.25) is 5.91 Å². The number of nitrogens with one attached hydrogen (secondary N) is 1. The molecule has 1 heterocycles. The summed E-state index contributed by atoms with van der Waals surface area (Å²) >= 11 is 1.46. The molecule has 1 amide bonds. The van der Waals surface area contributed by atoms with Gasteiger partial charge in [0.1, 0.15) is 0 Å². The maximum atomic E-state index is 11.6. The summed E-state index contributed by atoms with van der Waals surface area (Å²) in [4.78, 5) is 14.4. The van der Waals surface area contributed by atoms with Gasteiger partial charge in [0, 0.05) is 18.0 Å². The van der Waals surface area contributed by atoms with Crippen molar-refractivity contribution in [2.75, 3.05) is 19.6 Å². The fourth-order valence-corrected chi connectivity index (χ4v) is 1.88. The minimum Gasteiger partial charge on any atom is -0.382 e. The van der Waals surface area contributed by atoms with Crippen molar-refractivity contribution < 1.29 is 4.79 Å². The minimum atomic E-state index is 0.170. The first-order chi connectivity index (χ1) is 7.74. The van der Waals surface area contributed by atoms with Crippen molar-refractivity contribution in [3.8, 4) is 0 Å². The Labute approximate surface area is 101 Å². The number of hydrogen-bond donors (Lipinski definition) is 1. The van der Waals surface area contributed by atoms with Crippen LogP contribution < -0.4 is 5.32 Å². The van der Waals surface area contributed by atoms with E-state index >= 15 is 0 Å². The Morgan fingerprint density at radius 3 is 2.75 bits per heavy atom. The predicted octanol–water partition coefficient (Wildman–Crippen LogP) is 2.10. The molecule has 3 nitrogen and oxygen atoms in total. The lowest BCUT2D eigenvalue weighted by atomic mass is 10.4. The summed E-state index contributed by atoms with van der Waals surface area (Å²) < 4.78 is 0. The lowest BCUT2D eigenvalue weighted by Gasteiger charge is -2.14. The molecule has 4 heteroatoms. The summed E-state index contributed by atoms with van der Waals surface area (Å²) in [5.41, 5.74) is 0. The normalized spacial score (nSPS) is 15.4. The second kappa shape index (κ2) is 7.17. The number of thioether (sulfide) groups is 1. The Bertz CT molecular complexity index is 293. The first-order valence-electron chi connectivity index (χ1n) is 5.38. The number of carbonyl (C=O) groups is 1. The number of allylic oxidation sites excluding steroid dienone is 1. The van der Waals surface area contributed by atoms with Crippen LogP contribution >= 0.6 is 11.8 Å². The van der Waals surface area contributed by atoms with E-state index in [0.29, 0.717) is 6.54 Å². The molecule has 0 aromatic carbocycles. The lowest BCUT2D eigenvalue weighted by molar-refractivity contribution is -0.128. The first kappa shape index (κ1) is 12.9. The Kier molecular flexibility index (Phi) is 5.78. The molecule has 1 N–H and O–H groups in total. The molecule has 88 valence electrons. The van der Waals surface area contributed by atoms with Gasteiger partial charge in [-0.25, -0.2) is 0 Å². The van der Waals surface area contributed by atoms with Crippen molar-refractivity contribution in [1.29, 1.82) is 0 Å². The van der Waals surface area contributed by atoms with Crippen molar-refractivity contribution in [3.05, 3.63) is 35.7 Å². The van der Waals surface area contributed by atoms with Gasteiger partial charge in [0.05, 0.1) is 6.54 Å². The monoisotopic (exact) mass is 238 g/mol. The molecule has 16 heavy (non-hydrogen) atoms. The molecule has 0 unspecified atom stereocenters. The van der Waals surface area contributed by atoms with E-state index in [1.807, 2.05) is 11.0 Å². The van der Waals surface area contributed by atoms with E-state index in [2.05, 4.69) is 18.5 Å². The fraction of sp³-hybridized carbons (Fsp3) is 0.417. The van der Waals surface area contributed by atoms with Crippen LogP contribution in [0.1, 0.15) is 12.8 Å². The molecular formula is C12H18N2OS. The highest BCUT2D eigenvalue weighted by molar-refractivity contribution is 8.05. The second-order valence-electron chi connectivity index (χ2n) is 3.55. The van der Waals surface area contributed by atoms with Gasteiger partial charge >= 0.3 is 0 Å². The summed E-state index contributed by atoms with van der Waals surface area (Å²) in [5.74, 6) is 0.170. The second-order valence-corrected chi connectivity index (χ2v) is 4.65. The van der Waals surface area contributed by atoms with Crippen LogP contribution in [0.2, 0.25) is 0 Å². The molecule has 0 spiro atoms. The molecule has 0 aromatic rings. The van der Waals surface area contributed by atoms with Gasteiger partial charge < -0.3 is 10.2 Å². The highest BCUT2D eigenvalue weighted by atomic mass is 32.2. The van der Waals surface area contributed by atoms with Gasteiger partial charge in [0.15, 0.2) is 0 Å². The number of likely N-dealkylation sites (tertiary alicyclic amines) is 1. The molecule has 1 aliphatic heterocycles. The number of nitrogens with zero attached hydrogens (tertiary/aromatic N) is 1. The van der Waals surface area contributed by atoms with E-state index in [1.54, 1.807) is 11.6 Å². The molecule has 0 bridgehead atoms. The molecule has 0 radical (unpaired) electrons. The first-order valence-corrected chi connectivity index (χ1v) is 6.26. The topological polar surface area (TPSA) is 32.3 Å². The Morgan fingerprint density at radius 2 is 2.12 bits per heavy atom. The molecule has 1 saturated heterocycles. The SMILES string of the molecule is C=CSC(=C)/C=C\NCC(=O)N1CCCC1. The minimum absolute atomic E-state index is 0.170. The van der Waals surface area contributed by atoms with E-state index in [0.717, 1.165) is 30.8 Å². The van der Waals surface area contributed by atoms with Crippen LogP contribution in [0.15, 0.2) is 35.7 Å². The van der Waals surface area contributed by atoms with Crippen LogP contribution in [-0.4, -0.2) is 30.4 Å². The summed E-state index contributed by atoms with van der Waals surface area (Å²) in [6.45, 7) is 9.58. The smallest absolute Gasteiger partial charge is 0.241 e.